The molecule has 1 aromatic rings. The third kappa shape index (κ3) is 6.06. The third-order valence-corrected chi connectivity index (χ3v) is 1.94. The van der Waals surface area contributed by atoms with Crippen molar-refractivity contribution in [3.8, 4) is 5.75 Å². The van der Waals surface area contributed by atoms with Crippen molar-refractivity contribution in [2.24, 2.45) is 0 Å². The molecule has 0 fully saturated rings. The minimum atomic E-state index is -1.15. The van der Waals surface area contributed by atoms with E-state index in [0.29, 0.717) is 11.3 Å². The first-order valence-corrected chi connectivity index (χ1v) is 5.37. The van der Waals surface area contributed by atoms with E-state index in [2.05, 4.69) is 5.32 Å². The lowest BCUT2D eigenvalue weighted by Gasteiger charge is -2.06. The first kappa shape index (κ1) is 14.5. The van der Waals surface area contributed by atoms with E-state index in [9.17, 15) is 14.4 Å². The minimum Gasteiger partial charge on any atom is -0.480 e. The van der Waals surface area contributed by atoms with Crippen LogP contribution in [-0.4, -0.2) is 29.7 Å². The lowest BCUT2D eigenvalue weighted by atomic mass is 10.2. The Labute approximate surface area is 109 Å². The molecular formula is C12H13NO6. The fourth-order valence-corrected chi connectivity index (χ4v) is 1.17. The van der Waals surface area contributed by atoms with Crippen molar-refractivity contribution in [3.63, 3.8) is 0 Å². The fourth-order valence-electron chi connectivity index (χ4n) is 1.17. The quantitative estimate of drug-likeness (QED) is 0.607. The Balaban J connectivity index is 2.39. The molecule has 0 radical (unpaired) electrons. The average molecular weight is 267 g/mol. The molecule has 0 saturated heterocycles. The lowest BCUT2D eigenvalue weighted by molar-refractivity contribution is -0.136. The van der Waals surface area contributed by atoms with Gasteiger partial charge in [0, 0.05) is 6.92 Å². The van der Waals surface area contributed by atoms with Crippen LogP contribution in [0.15, 0.2) is 24.3 Å². The molecule has 0 atom stereocenters. The number of benzene rings is 1. The predicted molar refractivity (Wildman–Crippen MR) is 63.6 cm³/mol. The summed E-state index contributed by atoms with van der Waals surface area (Å²) in [6.07, 6.45) is -0.813. The summed E-state index contributed by atoms with van der Waals surface area (Å²) in [4.78, 5) is 32.0. The van der Waals surface area contributed by atoms with Crippen molar-refractivity contribution in [1.82, 2.24) is 5.32 Å². The number of carbonyl (C=O) groups is 3. The van der Waals surface area contributed by atoms with E-state index in [-0.39, 0.29) is 6.61 Å². The Kier molecular flexibility index (Phi) is 5.34. The van der Waals surface area contributed by atoms with Crippen LogP contribution in [0.3, 0.4) is 0 Å². The number of ether oxygens (including phenoxy) is 2. The highest BCUT2D eigenvalue weighted by Gasteiger charge is 2.05. The summed E-state index contributed by atoms with van der Waals surface area (Å²) in [6, 6.07) is 6.38. The number of amides is 1. The van der Waals surface area contributed by atoms with Gasteiger partial charge in [0.2, 0.25) is 0 Å². The van der Waals surface area contributed by atoms with Gasteiger partial charge in [-0.2, -0.15) is 0 Å². The van der Waals surface area contributed by atoms with Crippen LogP contribution in [0.5, 0.6) is 5.75 Å². The topological polar surface area (TPSA) is 102 Å². The number of hydrogen-bond donors (Lipinski definition) is 2. The van der Waals surface area contributed by atoms with Gasteiger partial charge in [0.15, 0.2) is 0 Å². The van der Waals surface area contributed by atoms with E-state index in [1.54, 1.807) is 24.3 Å². The monoisotopic (exact) mass is 267 g/mol. The van der Waals surface area contributed by atoms with Crippen LogP contribution >= 0.6 is 0 Å². The molecule has 0 unspecified atom stereocenters. The van der Waals surface area contributed by atoms with Crippen LogP contribution in [0.2, 0.25) is 0 Å². The Morgan fingerprint density at radius 1 is 1.21 bits per heavy atom. The van der Waals surface area contributed by atoms with E-state index >= 15 is 0 Å². The number of carboxylic acids is 1. The van der Waals surface area contributed by atoms with Crippen molar-refractivity contribution in [2.45, 2.75) is 13.5 Å². The Morgan fingerprint density at radius 2 is 1.84 bits per heavy atom. The number of nitrogens with one attached hydrogen (secondary N) is 1. The van der Waals surface area contributed by atoms with Gasteiger partial charge in [-0.25, -0.2) is 4.79 Å². The van der Waals surface area contributed by atoms with Crippen LogP contribution in [0.4, 0.5) is 4.79 Å². The molecule has 0 spiro atoms. The third-order valence-electron chi connectivity index (χ3n) is 1.94. The minimum absolute atomic E-state index is 0.00813. The van der Waals surface area contributed by atoms with Gasteiger partial charge in [-0.05, 0) is 17.7 Å². The Hall–Kier alpha value is -2.57. The normalized spacial score (nSPS) is 9.53. The second-order valence-electron chi connectivity index (χ2n) is 3.56. The molecule has 0 saturated carbocycles. The molecule has 19 heavy (non-hydrogen) atoms. The summed E-state index contributed by atoms with van der Waals surface area (Å²) < 4.78 is 9.61. The molecule has 7 nitrogen and oxygen atoms in total. The number of esters is 1. The summed E-state index contributed by atoms with van der Waals surface area (Å²) in [5, 5.41) is 10.4. The summed E-state index contributed by atoms with van der Waals surface area (Å²) in [5.74, 6) is -1.17. The first-order chi connectivity index (χ1) is 8.97. The van der Waals surface area contributed by atoms with E-state index in [1.807, 2.05) is 0 Å². The van der Waals surface area contributed by atoms with Crippen LogP contribution in [-0.2, 0) is 20.9 Å². The zero-order valence-corrected chi connectivity index (χ0v) is 10.2. The molecule has 0 aliphatic heterocycles. The first-order valence-electron chi connectivity index (χ1n) is 5.37. The van der Waals surface area contributed by atoms with Crippen molar-refractivity contribution < 1.29 is 29.0 Å². The second-order valence-corrected chi connectivity index (χ2v) is 3.56. The molecular weight excluding hydrogens is 254 g/mol. The standard InChI is InChI=1S/C12H13NO6/c1-8(14)19-10-4-2-9(3-5-10)7-18-12(17)13-6-11(15)16/h2-5H,6-7H2,1H3,(H,13,17)(H,15,16). The Morgan fingerprint density at radius 3 is 2.37 bits per heavy atom. The van der Waals surface area contributed by atoms with Gasteiger partial charge in [-0.1, -0.05) is 12.1 Å². The highest BCUT2D eigenvalue weighted by atomic mass is 16.5. The van der Waals surface area contributed by atoms with Gasteiger partial charge in [-0.3, -0.25) is 9.59 Å². The van der Waals surface area contributed by atoms with Gasteiger partial charge in [0.25, 0.3) is 0 Å². The number of aliphatic carboxylic acids is 1. The summed E-state index contributed by atoms with van der Waals surface area (Å²) >= 11 is 0. The van der Waals surface area contributed by atoms with Gasteiger partial charge >= 0.3 is 18.0 Å². The fraction of sp³-hybridized carbons (Fsp3) is 0.250. The molecule has 102 valence electrons. The van der Waals surface area contributed by atoms with E-state index < -0.39 is 24.6 Å². The molecule has 1 aromatic carbocycles. The maximum atomic E-state index is 11.1. The zero-order chi connectivity index (χ0) is 14.3. The molecule has 0 aliphatic rings. The van der Waals surface area contributed by atoms with Gasteiger partial charge in [0.1, 0.15) is 18.9 Å². The van der Waals surface area contributed by atoms with Crippen LogP contribution < -0.4 is 10.1 Å². The maximum absolute atomic E-state index is 11.1. The molecule has 0 aliphatic carbocycles. The highest BCUT2D eigenvalue weighted by Crippen LogP contribution is 2.12. The number of hydrogen-bond acceptors (Lipinski definition) is 5. The van der Waals surface area contributed by atoms with E-state index in [0.717, 1.165) is 0 Å². The Bertz CT molecular complexity index is 468. The average Bonchev–Trinajstić information content (AvgIpc) is 2.35. The van der Waals surface area contributed by atoms with Crippen LogP contribution in [0.1, 0.15) is 12.5 Å². The molecule has 2 N–H and O–H groups in total. The van der Waals surface area contributed by atoms with Crippen molar-refractivity contribution in [3.05, 3.63) is 29.8 Å². The highest BCUT2D eigenvalue weighted by molar-refractivity contribution is 5.76. The van der Waals surface area contributed by atoms with Gasteiger partial charge in [-0.15, -0.1) is 0 Å². The summed E-state index contributed by atoms with van der Waals surface area (Å²) in [5.41, 5.74) is 0.682. The zero-order valence-electron chi connectivity index (χ0n) is 10.2. The molecule has 1 rings (SSSR count). The largest absolute Gasteiger partial charge is 0.480 e. The van der Waals surface area contributed by atoms with Crippen molar-refractivity contribution >= 4 is 18.0 Å². The number of rotatable bonds is 5. The smallest absolute Gasteiger partial charge is 0.407 e. The van der Waals surface area contributed by atoms with Crippen molar-refractivity contribution in [1.29, 1.82) is 0 Å². The number of carbonyl (C=O) groups excluding carboxylic acids is 2. The molecule has 0 heterocycles. The van der Waals surface area contributed by atoms with Crippen LogP contribution in [0, 0.1) is 0 Å². The molecule has 0 aromatic heterocycles. The van der Waals surface area contributed by atoms with Gasteiger partial charge < -0.3 is 19.9 Å². The molecule has 0 bridgehead atoms. The lowest BCUT2D eigenvalue weighted by Crippen LogP contribution is -2.29. The number of carboxylic acid groups (broad SMARTS) is 1. The number of alkyl carbamates (subject to hydrolysis) is 1. The summed E-state index contributed by atoms with van der Waals surface area (Å²) in [7, 11) is 0. The van der Waals surface area contributed by atoms with E-state index in [4.69, 9.17) is 14.6 Å². The van der Waals surface area contributed by atoms with E-state index in [1.165, 1.54) is 6.92 Å². The SMILES string of the molecule is CC(=O)Oc1ccc(COC(=O)NCC(=O)O)cc1. The second kappa shape index (κ2) is 7.00. The predicted octanol–water partition coefficient (Wildman–Crippen LogP) is 0.923. The van der Waals surface area contributed by atoms with Crippen molar-refractivity contribution in [2.75, 3.05) is 6.54 Å². The molecule has 7 heteroatoms. The molecule has 1 amide bonds. The van der Waals surface area contributed by atoms with Crippen LogP contribution in [0.25, 0.3) is 0 Å². The van der Waals surface area contributed by atoms with Gasteiger partial charge in [0.05, 0.1) is 0 Å². The maximum Gasteiger partial charge on any atom is 0.407 e. The summed E-state index contributed by atoms with van der Waals surface area (Å²) in [6.45, 7) is 0.792.